The molecule has 2 aliphatic rings. The summed E-state index contributed by atoms with van der Waals surface area (Å²) in [5.74, 6) is 0. The third-order valence-electron chi connectivity index (χ3n) is 8.54. The van der Waals surface area contributed by atoms with Crippen LogP contribution in [0.5, 0.6) is 0 Å². The molecule has 2 aromatic rings. The Bertz CT molecular complexity index is 948. The van der Waals surface area contributed by atoms with E-state index in [-0.39, 0.29) is 10.8 Å². The van der Waals surface area contributed by atoms with Gasteiger partial charge in [0.1, 0.15) is 0 Å². The van der Waals surface area contributed by atoms with E-state index < -0.39 is 0 Å². The first-order valence-corrected chi connectivity index (χ1v) is 13.6. The van der Waals surface area contributed by atoms with Crippen LogP contribution in [0.1, 0.15) is 127 Å². The molecule has 0 N–H and O–H groups in total. The lowest BCUT2D eigenvalue weighted by atomic mass is 9.36. The van der Waals surface area contributed by atoms with Crippen molar-refractivity contribution in [3.63, 3.8) is 0 Å². The highest BCUT2D eigenvalue weighted by Crippen LogP contribution is 2.71. The highest BCUT2D eigenvalue weighted by Gasteiger charge is 2.66. The summed E-state index contributed by atoms with van der Waals surface area (Å²) in [6, 6.07) is 19.1. The van der Waals surface area contributed by atoms with Gasteiger partial charge in [0.2, 0.25) is 0 Å². The standard InChI is InChI=1S/C32H44/c1-5-9-17-25-26-18-13-14-20-28(26)32(24-12-8-4)30-22-16-15-21-29(30)31(32,23-11-7-3)27(25)19-10-6-2/h13-16,18,20-22H,5-12,17,19,23-24H2,1-4H3. The fourth-order valence-electron chi connectivity index (χ4n) is 7.18. The van der Waals surface area contributed by atoms with Gasteiger partial charge in [-0.15, -0.1) is 0 Å². The first kappa shape index (κ1) is 23.3. The molecule has 0 aromatic heterocycles. The van der Waals surface area contributed by atoms with Crippen LogP contribution in [0, 0.1) is 0 Å². The molecule has 4 rings (SSSR count). The predicted octanol–water partition coefficient (Wildman–Crippen LogP) is 9.75. The summed E-state index contributed by atoms with van der Waals surface area (Å²) >= 11 is 0. The molecule has 0 heterocycles. The van der Waals surface area contributed by atoms with Gasteiger partial charge >= 0.3 is 0 Å². The maximum Gasteiger partial charge on any atom is 0.0346 e. The smallest absolute Gasteiger partial charge is 0.0346 e. The van der Waals surface area contributed by atoms with Crippen LogP contribution >= 0.6 is 0 Å². The van der Waals surface area contributed by atoms with E-state index >= 15 is 0 Å². The van der Waals surface area contributed by atoms with Crippen molar-refractivity contribution >= 4 is 5.57 Å². The maximum atomic E-state index is 2.50. The Labute approximate surface area is 197 Å². The molecule has 0 saturated carbocycles. The van der Waals surface area contributed by atoms with Crippen LogP contribution in [0.2, 0.25) is 0 Å². The Balaban J connectivity index is 2.06. The van der Waals surface area contributed by atoms with Gasteiger partial charge in [-0.2, -0.15) is 0 Å². The highest BCUT2D eigenvalue weighted by molar-refractivity contribution is 5.84. The molecule has 0 aliphatic heterocycles. The molecular formula is C32H44. The highest BCUT2D eigenvalue weighted by atomic mass is 14.7. The third-order valence-corrected chi connectivity index (χ3v) is 8.54. The molecule has 0 saturated heterocycles. The molecule has 0 amide bonds. The third kappa shape index (κ3) is 3.32. The van der Waals surface area contributed by atoms with Crippen molar-refractivity contribution in [3.05, 3.63) is 76.4 Å². The topological polar surface area (TPSA) is 0 Å². The van der Waals surface area contributed by atoms with Crippen LogP contribution in [0.4, 0.5) is 0 Å². The molecular weight excluding hydrogens is 384 g/mol. The normalized spacial score (nSPS) is 23.4. The van der Waals surface area contributed by atoms with Crippen molar-refractivity contribution in [2.75, 3.05) is 0 Å². The number of fused-ring (bicyclic) bond motifs is 6. The zero-order chi connectivity index (χ0) is 22.6. The maximum absolute atomic E-state index is 2.50. The second kappa shape index (κ2) is 9.98. The van der Waals surface area contributed by atoms with Gasteiger partial charge < -0.3 is 0 Å². The summed E-state index contributed by atoms with van der Waals surface area (Å²) < 4.78 is 0. The SMILES string of the molecule is CCCCC1=C(CCCC)C2(CCCC)c3ccccc3C2(CCCC)c2ccccc21. The van der Waals surface area contributed by atoms with Crippen LogP contribution < -0.4 is 0 Å². The Morgan fingerprint density at radius 3 is 1.66 bits per heavy atom. The molecule has 0 heteroatoms. The van der Waals surface area contributed by atoms with Gasteiger partial charge in [0.05, 0.1) is 0 Å². The average molecular weight is 429 g/mol. The number of hydrogen-bond donors (Lipinski definition) is 0. The lowest BCUT2D eigenvalue weighted by Gasteiger charge is -2.66. The molecule has 172 valence electrons. The van der Waals surface area contributed by atoms with E-state index in [9.17, 15) is 0 Å². The number of benzene rings is 2. The zero-order valence-corrected chi connectivity index (χ0v) is 21.1. The van der Waals surface area contributed by atoms with Gasteiger partial charge in [-0.1, -0.05) is 120 Å². The van der Waals surface area contributed by atoms with Crippen LogP contribution in [-0.2, 0) is 10.8 Å². The van der Waals surface area contributed by atoms with Gasteiger partial charge in [0, 0.05) is 10.8 Å². The Kier molecular flexibility index (Phi) is 7.28. The largest absolute Gasteiger partial charge is 0.0654 e. The molecule has 2 aromatic carbocycles. The molecule has 2 unspecified atom stereocenters. The van der Waals surface area contributed by atoms with E-state index in [0.29, 0.717) is 0 Å². The second-order valence-electron chi connectivity index (χ2n) is 10.3. The molecule has 0 nitrogen and oxygen atoms in total. The minimum atomic E-state index is 0.171. The number of unbranched alkanes of at least 4 members (excludes halogenated alkanes) is 4. The molecule has 2 atom stereocenters. The van der Waals surface area contributed by atoms with Gasteiger partial charge in [0.15, 0.2) is 0 Å². The fourth-order valence-corrected chi connectivity index (χ4v) is 7.18. The Morgan fingerprint density at radius 2 is 1.03 bits per heavy atom. The second-order valence-corrected chi connectivity index (χ2v) is 10.3. The molecule has 2 aliphatic carbocycles. The lowest BCUT2D eigenvalue weighted by molar-refractivity contribution is 0.191. The molecule has 32 heavy (non-hydrogen) atoms. The minimum absolute atomic E-state index is 0.171. The van der Waals surface area contributed by atoms with Crippen molar-refractivity contribution in [3.8, 4) is 0 Å². The van der Waals surface area contributed by atoms with E-state index in [1.807, 2.05) is 5.57 Å². The van der Waals surface area contributed by atoms with Crippen molar-refractivity contribution in [1.82, 2.24) is 0 Å². The summed E-state index contributed by atoms with van der Waals surface area (Å²) in [5.41, 5.74) is 10.5. The Morgan fingerprint density at radius 1 is 0.531 bits per heavy atom. The van der Waals surface area contributed by atoms with Crippen molar-refractivity contribution in [2.45, 2.75) is 116 Å². The first-order valence-electron chi connectivity index (χ1n) is 13.6. The lowest BCUT2D eigenvalue weighted by Crippen LogP contribution is -2.62. The van der Waals surface area contributed by atoms with Crippen molar-refractivity contribution < 1.29 is 0 Å². The zero-order valence-electron chi connectivity index (χ0n) is 21.1. The number of allylic oxidation sites excluding steroid dienone is 2. The van der Waals surface area contributed by atoms with Gasteiger partial charge in [-0.25, -0.2) is 0 Å². The van der Waals surface area contributed by atoms with E-state index in [4.69, 9.17) is 0 Å². The number of rotatable bonds is 12. The molecule has 0 spiro atoms. The summed E-state index contributed by atoms with van der Waals surface area (Å²) in [6.07, 6.45) is 15.5. The van der Waals surface area contributed by atoms with Crippen LogP contribution in [0.25, 0.3) is 5.57 Å². The molecule has 0 radical (unpaired) electrons. The molecule has 0 fully saturated rings. The van der Waals surface area contributed by atoms with Gasteiger partial charge in [0.25, 0.3) is 0 Å². The summed E-state index contributed by atoms with van der Waals surface area (Å²) in [4.78, 5) is 0. The minimum Gasteiger partial charge on any atom is -0.0654 e. The van der Waals surface area contributed by atoms with Crippen LogP contribution in [0.3, 0.4) is 0 Å². The van der Waals surface area contributed by atoms with Gasteiger partial charge in [-0.05, 0) is 66.4 Å². The summed E-state index contributed by atoms with van der Waals surface area (Å²) in [5, 5.41) is 0. The predicted molar refractivity (Wildman–Crippen MR) is 140 cm³/mol. The summed E-state index contributed by atoms with van der Waals surface area (Å²) in [6.45, 7) is 9.45. The van der Waals surface area contributed by atoms with Crippen molar-refractivity contribution in [2.24, 2.45) is 0 Å². The summed E-state index contributed by atoms with van der Waals surface area (Å²) in [7, 11) is 0. The molecule has 0 bridgehead atoms. The fraction of sp³-hybridized carbons (Fsp3) is 0.562. The Hall–Kier alpha value is -1.82. The van der Waals surface area contributed by atoms with Crippen molar-refractivity contribution in [1.29, 1.82) is 0 Å². The van der Waals surface area contributed by atoms with E-state index in [1.54, 1.807) is 27.8 Å². The van der Waals surface area contributed by atoms with Crippen LogP contribution in [0.15, 0.2) is 54.1 Å². The van der Waals surface area contributed by atoms with Gasteiger partial charge in [-0.3, -0.25) is 0 Å². The first-order chi connectivity index (χ1) is 15.7. The quantitative estimate of drug-likeness (QED) is 0.315. The van der Waals surface area contributed by atoms with E-state index in [2.05, 4.69) is 76.2 Å². The van der Waals surface area contributed by atoms with E-state index in [0.717, 1.165) is 0 Å². The van der Waals surface area contributed by atoms with E-state index in [1.165, 1.54) is 77.0 Å². The average Bonchev–Trinajstić information content (AvgIpc) is 2.83. The number of hydrogen-bond acceptors (Lipinski definition) is 0. The monoisotopic (exact) mass is 428 g/mol. The van der Waals surface area contributed by atoms with Crippen LogP contribution in [-0.4, -0.2) is 0 Å².